The summed E-state index contributed by atoms with van der Waals surface area (Å²) < 4.78 is 19.0. The first-order chi connectivity index (χ1) is 14.9. The second kappa shape index (κ2) is 9.92. The summed E-state index contributed by atoms with van der Waals surface area (Å²) in [7, 11) is 0. The molecule has 2 aromatic carbocycles. The average Bonchev–Trinajstić information content (AvgIpc) is 2.72. The monoisotopic (exact) mass is 497 g/mol. The number of amides is 1. The summed E-state index contributed by atoms with van der Waals surface area (Å²) in [5.74, 6) is -0.403. The molecule has 0 unspecified atom stereocenters. The molecule has 0 saturated carbocycles. The molecule has 32 heavy (non-hydrogen) atoms. The van der Waals surface area contributed by atoms with Gasteiger partial charge in [0.15, 0.2) is 0 Å². The van der Waals surface area contributed by atoms with Crippen LogP contribution in [0.4, 0.5) is 10.1 Å². The highest BCUT2D eigenvalue weighted by atomic mass is 35.5. The van der Waals surface area contributed by atoms with Crippen LogP contribution in [0.15, 0.2) is 41.3 Å². The normalized spacial score (nSPS) is 16.3. The second-order valence-corrected chi connectivity index (χ2v) is 11.7. The van der Waals surface area contributed by atoms with Crippen molar-refractivity contribution in [2.24, 2.45) is 5.41 Å². The van der Waals surface area contributed by atoms with Crippen molar-refractivity contribution in [3.05, 3.63) is 57.8 Å². The number of nitrogens with zero attached hydrogens (tertiary/aromatic N) is 1. The Morgan fingerprint density at radius 3 is 2.28 bits per heavy atom. The molecule has 0 aliphatic carbocycles. The molecule has 0 bridgehead atoms. The number of thioether (sulfide) groups is 1. The number of carbonyl (C=O) groups is 1. The molecule has 7 heteroatoms. The molecule has 0 aromatic heterocycles. The van der Waals surface area contributed by atoms with E-state index < -0.39 is 11.2 Å². The third kappa shape index (κ3) is 5.44. The Kier molecular flexibility index (Phi) is 7.86. The van der Waals surface area contributed by atoms with Gasteiger partial charge in [-0.05, 0) is 62.6 Å². The zero-order valence-electron chi connectivity index (χ0n) is 19.2. The minimum absolute atomic E-state index is 0.0262. The molecular weight excluding hydrogens is 468 g/mol. The number of carbonyl (C=O) groups excluding carboxylic acids is 1. The highest BCUT2D eigenvalue weighted by Gasteiger charge is 2.37. The summed E-state index contributed by atoms with van der Waals surface area (Å²) in [5, 5.41) is 0.649. The molecule has 1 aliphatic rings. The number of rotatable bonds is 5. The Balaban J connectivity index is 2.01. The Labute approximate surface area is 204 Å². The van der Waals surface area contributed by atoms with E-state index in [4.69, 9.17) is 27.9 Å². The van der Waals surface area contributed by atoms with Gasteiger partial charge in [0, 0.05) is 34.3 Å². The lowest BCUT2D eigenvalue weighted by atomic mass is 9.89. The van der Waals surface area contributed by atoms with Crippen molar-refractivity contribution in [1.82, 2.24) is 0 Å². The van der Waals surface area contributed by atoms with Gasteiger partial charge < -0.3 is 9.64 Å². The van der Waals surface area contributed by atoms with Crippen LogP contribution in [-0.2, 0) is 14.3 Å². The minimum Gasteiger partial charge on any atom is -0.381 e. The van der Waals surface area contributed by atoms with E-state index in [-0.39, 0.29) is 21.7 Å². The second-order valence-electron chi connectivity index (χ2n) is 9.47. The fraction of sp³-hybridized carbons (Fsp3) is 0.480. The molecule has 1 heterocycles. The van der Waals surface area contributed by atoms with Crippen LogP contribution in [0.2, 0.25) is 10.0 Å². The van der Waals surface area contributed by atoms with Crippen molar-refractivity contribution in [3.63, 3.8) is 0 Å². The van der Waals surface area contributed by atoms with Gasteiger partial charge >= 0.3 is 0 Å². The SMILES string of the molecule is CC(C)N(C(=O)C(C)(C)C)c1ccc(C2(Sc3ccc(F)c(Cl)c3)CCOCC2)cc1Cl. The first-order valence-electron chi connectivity index (χ1n) is 10.8. The summed E-state index contributed by atoms with van der Waals surface area (Å²) in [4.78, 5) is 15.8. The maximum atomic E-state index is 13.7. The molecule has 0 atom stereocenters. The summed E-state index contributed by atoms with van der Waals surface area (Å²) in [6.07, 6.45) is 1.58. The van der Waals surface area contributed by atoms with Crippen molar-refractivity contribution < 1.29 is 13.9 Å². The van der Waals surface area contributed by atoms with Crippen LogP contribution in [0.5, 0.6) is 0 Å². The molecule has 3 nitrogen and oxygen atoms in total. The van der Waals surface area contributed by atoms with Crippen LogP contribution in [0, 0.1) is 11.2 Å². The third-order valence-electron chi connectivity index (χ3n) is 5.61. The van der Waals surface area contributed by atoms with Crippen molar-refractivity contribution >= 4 is 46.6 Å². The lowest BCUT2D eigenvalue weighted by molar-refractivity contribution is -0.126. The van der Waals surface area contributed by atoms with E-state index in [1.54, 1.807) is 28.8 Å². The van der Waals surface area contributed by atoms with Gasteiger partial charge in [-0.3, -0.25) is 4.79 Å². The highest BCUT2D eigenvalue weighted by Crippen LogP contribution is 2.50. The molecule has 2 aromatic rings. The summed E-state index contributed by atoms with van der Waals surface area (Å²) in [6.45, 7) is 11.0. The van der Waals surface area contributed by atoms with E-state index in [0.29, 0.717) is 23.9 Å². The summed E-state index contributed by atoms with van der Waals surface area (Å²) in [6, 6.07) is 10.7. The first-order valence-corrected chi connectivity index (χ1v) is 12.4. The predicted molar refractivity (Wildman–Crippen MR) is 133 cm³/mol. The molecule has 1 fully saturated rings. The quantitative estimate of drug-likeness (QED) is 0.423. The lowest BCUT2D eigenvalue weighted by Gasteiger charge is -2.38. The van der Waals surface area contributed by atoms with Gasteiger partial charge in [0.05, 0.1) is 15.7 Å². The van der Waals surface area contributed by atoms with Crippen molar-refractivity contribution in [2.75, 3.05) is 18.1 Å². The molecule has 0 spiro atoms. The van der Waals surface area contributed by atoms with E-state index >= 15 is 0 Å². The van der Waals surface area contributed by atoms with E-state index in [9.17, 15) is 9.18 Å². The molecule has 1 saturated heterocycles. The van der Waals surface area contributed by atoms with Crippen LogP contribution in [-0.4, -0.2) is 25.2 Å². The molecule has 0 N–H and O–H groups in total. The van der Waals surface area contributed by atoms with E-state index in [1.165, 1.54) is 6.07 Å². The Morgan fingerprint density at radius 1 is 1.09 bits per heavy atom. The average molecular weight is 498 g/mol. The van der Waals surface area contributed by atoms with Gasteiger partial charge in [0.2, 0.25) is 5.91 Å². The van der Waals surface area contributed by atoms with Gasteiger partial charge in [-0.25, -0.2) is 4.39 Å². The number of hydrogen-bond acceptors (Lipinski definition) is 3. The number of halogens is 3. The number of anilines is 1. The lowest BCUT2D eigenvalue weighted by Crippen LogP contribution is -2.44. The largest absolute Gasteiger partial charge is 0.381 e. The third-order valence-corrected chi connectivity index (χ3v) is 7.73. The van der Waals surface area contributed by atoms with Crippen molar-refractivity contribution in [2.45, 2.75) is 63.1 Å². The van der Waals surface area contributed by atoms with Crippen molar-refractivity contribution in [3.8, 4) is 0 Å². The fourth-order valence-electron chi connectivity index (χ4n) is 3.89. The minimum atomic E-state index is -0.522. The molecule has 3 rings (SSSR count). The van der Waals surface area contributed by atoms with E-state index in [1.807, 2.05) is 46.8 Å². The van der Waals surface area contributed by atoms with Crippen LogP contribution >= 0.6 is 35.0 Å². The Morgan fingerprint density at radius 2 is 1.75 bits per heavy atom. The predicted octanol–water partition coefficient (Wildman–Crippen LogP) is 7.72. The van der Waals surface area contributed by atoms with Gasteiger partial charge in [0.1, 0.15) is 5.82 Å². The maximum absolute atomic E-state index is 13.7. The van der Waals surface area contributed by atoms with E-state index in [2.05, 4.69) is 6.07 Å². The zero-order valence-corrected chi connectivity index (χ0v) is 21.5. The number of ether oxygens (including phenoxy) is 1. The van der Waals surface area contributed by atoms with Gasteiger partial charge in [-0.15, -0.1) is 11.8 Å². The van der Waals surface area contributed by atoms with Crippen LogP contribution in [0.3, 0.4) is 0 Å². The summed E-state index contributed by atoms with van der Waals surface area (Å²) >= 11 is 14.5. The van der Waals surface area contributed by atoms with Crippen LogP contribution < -0.4 is 4.90 Å². The highest BCUT2D eigenvalue weighted by molar-refractivity contribution is 8.00. The Hall–Kier alpha value is -1.27. The fourth-order valence-corrected chi connectivity index (χ4v) is 5.78. The molecule has 174 valence electrons. The molecule has 1 amide bonds. The van der Waals surface area contributed by atoms with Crippen LogP contribution in [0.1, 0.15) is 53.0 Å². The van der Waals surface area contributed by atoms with Crippen LogP contribution in [0.25, 0.3) is 0 Å². The molecule has 1 aliphatic heterocycles. The molecule has 0 radical (unpaired) electrons. The number of benzene rings is 2. The maximum Gasteiger partial charge on any atom is 0.232 e. The summed E-state index contributed by atoms with van der Waals surface area (Å²) in [5.41, 5.74) is 1.25. The molecular formula is C25H30Cl2FNO2S. The topological polar surface area (TPSA) is 29.5 Å². The smallest absolute Gasteiger partial charge is 0.232 e. The van der Waals surface area contributed by atoms with Gasteiger partial charge in [-0.1, -0.05) is 50.0 Å². The van der Waals surface area contributed by atoms with Gasteiger partial charge in [-0.2, -0.15) is 0 Å². The Bertz CT molecular complexity index is 984. The standard InChI is InChI=1S/C25H30Cl2FNO2S/c1-16(2)29(23(30)24(3,4)5)22-9-6-17(14-20(22)27)25(10-12-31-13-11-25)32-18-7-8-21(28)19(26)15-18/h6-9,14-16H,10-13H2,1-5H3. The van der Waals surface area contributed by atoms with E-state index in [0.717, 1.165) is 23.3 Å². The first kappa shape index (κ1) is 25.4. The van der Waals surface area contributed by atoms with Crippen molar-refractivity contribution in [1.29, 1.82) is 0 Å². The van der Waals surface area contributed by atoms with Gasteiger partial charge in [0.25, 0.3) is 0 Å². The zero-order chi connectivity index (χ0) is 23.7. The number of hydrogen-bond donors (Lipinski definition) is 0.